The van der Waals surface area contributed by atoms with Crippen LogP contribution in [0, 0.1) is 5.92 Å². The lowest BCUT2D eigenvalue weighted by atomic mass is 9.93. The molecule has 2 heterocycles. The summed E-state index contributed by atoms with van der Waals surface area (Å²) in [5.41, 5.74) is 1.64. The fourth-order valence-electron chi connectivity index (χ4n) is 5.28. The second-order valence-electron chi connectivity index (χ2n) is 9.99. The number of hydrogen-bond donors (Lipinski definition) is 2. The molecule has 1 saturated heterocycles. The summed E-state index contributed by atoms with van der Waals surface area (Å²) in [5, 5.41) is 6.07. The molecule has 7 heteroatoms. The van der Waals surface area contributed by atoms with Gasteiger partial charge in [-0.2, -0.15) is 0 Å². The molecule has 2 N–H and O–H groups in total. The number of thioether (sulfide) groups is 1. The lowest BCUT2D eigenvalue weighted by Crippen LogP contribution is -2.59. The smallest absolute Gasteiger partial charge is 0.256 e. The zero-order valence-electron chi connectivity index (χ0n) is 19.5. The maximum Gasteiger partial charge on any atom is 0.256 e. The van der Waals surface area contributed by atoms with Gasteiger partial charge in [0.15, 0.2) is 0 Å². The second kappa shape index (κ2) is 9.08. The summed E-state index contributed by atoms with van der Waals surface area (Å²) in [6.45, 7) is 8.05. The van der Waals surface area contributed by atoms with E-state index < -0.39 is 16.8 Å². The van der Waals surface area contributed by atoms with Crippen LogP contribution >= 0.6 is 11.8 Å². The van der Waals surface area contributed by atoms with E-state index in [-0.39, 0.29) is 35.1 Å². The van der Waals surface area contributed by atoms with E-state index >= 15 is 0 Å². The molecule has 3 amide bonds. The maximum absolute atomic E-state index is 13.6. The van der Waals surface area contributed by atoms with Crippen molar-refractivity contribution in [2.24, 2.45) is 5.92 Å². The van der Waals surface area contributed by atoms with E-state index in [1.807, 2.05) is 52.0 Å². The normalized spacial score (nSPS) is 26.2. The van der Waals surface area contributed by atoms with E-state index in [1.54, 1.807) is 16.7 Å². The lowest BCUT2D eigenvalue weighted by Gasteiger charge is -2.33. The highest BCUT2D eigenvalue weighted by molar-refractivity contribution is 8.01. The molecule has 174 valence electrons. The van der Waals surface area contributed by atoms with Gasteiger partial charge >= 0.3 is 0 Å². The number of nitrogens with one attached hydrogen (secondary N) is 2. The summed E-state index contributed by atoms with van der Waals surface area (Å²) in [6.07, 6.45) is 6.28. The SMILES string of the molecule is CC[C@H](C)[C@H](NC(=O)[C@@H]1N2C(=O)c3ccccc3[C@H]2SC1(C)C)C(=O)NC1CCCCC1. The Labute approximate surface area is 195 Å². The van der Waals surface area contributed by atoms with Crippen LogP contribution in [-0.2, 0) is 9.59 Å². The minimum Gasteiger partial charge on any atom is -0.352 e. The third-order valence-corrected chi connectivity index (χ3v) is 8.82. The highest BCUT2D eigenvalue weighted by atomic mass is 32.2. The fourth-order valence-corrected chi connectivity index (χ4v) is 6.87. The summed E-state index contributed by atoms with van der Waals surface area (Å²) in [4.78, 5) is 41.7. The number of amides is 3. The number of hydrogen-bond acceptors (Lipinski definition) is 4. The largest absolute Gasteiger partial charge is 0.352 e. The first-order valence-corrected chi connectivity index (χ1v) is 12.8. The third-order valence-electron chi connectivity index (χ3n) is 7.29. The average Bonchev–Trinajstić information content (AvgIpc) is 3.21. The number of carbonyl (C=O) groups excluding carboxylic acids is 3. The van der Waals surface area contributed by atoms with Crippen molar-refractivity contribution in [1.82, 2.24) is 15.5 Å². The molecule has 0 radical (unpaired) electrons. The van der Waals surface area contributed by atoms with Crippen molar-refractivity contribution in [3.63, 3.8) is 0 Å². The van der Waals surface area contributed by atoms with Gasteiger partial charge in [-0.3, -0.25) is 14.4 Å². The van der Waals surface area contributed by atoms with E-state index in [1.165, 1.54) is 6.42 Å². The van der Waals surface area contributed by atoms with Crippen LogP contribution in [0.2, 0.25) is 0 Å². The number of fused-ring (bicyclic) bond motifs is 3. The summed E-state index contributed by atoms with van der Waals surface area (Å²) >= 11 is 1.64. The molecule has 2 aliphatic heterocycles. The van der Waals surface area contributed by atoms with Crippen molar-refractivity contribution >= 4 is 29.5 Å². The molecular formula is C25H35N3O3S. The number of carbonyl (C=O) groups is 3. The van der Waals surface area contributed by atoms with Gasteiger partial charge in [-0.05, 0) is 44.2 Å². The Morgan fingerprint density at radius 2 is 1.88 bits per heavy atom. The molecule has 0 aromatic heterocycles. The van der Waals surface area contributed by atoms with Gasteiger partial charge in [0.1, 0.15) is 17.5 Å². The van der Waals surface area contributed by atoms with E-state index in [9.17, 15) is 14.4 Å². The highest BCUT2D eigenvalue weighted by Crippen LogP contribution is 2.56. The van der Waals surface area contributed by atoms with Crippen molar-refractivity contribution in [3.05, 3.63) is 35.4 Å². The lowest BCUT2D eigenvalue weighted by molar-refractivity contribution is -0.133. The Bertz CT molecular complexity index is 896. The molecule has 0 spiro atoms. The summed E-state index contributed by atoms with van der Waals surface area (Å²) in [5.74, 6) is -0.441. The molecule has 2 fully saturated rings. The van der Waals surface area contributed by atoms with Gasteiger partial charge in [0.2, 0.25) is 11.8 Å². The van der Waals surface area contributed by atoms with Gasteiger partial charge in [0.25, 0.3) is 5.91 Å². The number of nitrogens with zero attached hydrogens (tertiary/aromatic N) is 1. The van der Waals surface area contributed by atoms with Gasteiger partial charge in [-0.25, -0.2) is 0 Å². The molecule has 0 unspecified atom stereocenters. The van der Waals surface area contributed by atoms with Crippen molar-refractivity contribution in [2.75, 3.05) is 0 Å². The summed E-state index contributed by atoms with van der Waals surface area (Å²) < 4.78 is -0.461. The third kappa shape index (κ3) is 4.16. The van der Waals surface area contributed by atoms with E-state index in [0.717, 1.165) is 37.7 Å². The molecule has 0 bridgehead atoms. The molecule has 1 aromatic rings. The van der Waals surface area contributed by atoms with Crippen molar-refractivity contribution in [2.45, 2.75) is 94.5 Å². The number of benzene rings is 1. The first-order chi connectivity index (χ1) is 15.2. The van der Waals surface area contributed by atoms with Gasteiger partial charge in [0, 0.05) is 16.4 Å². The van der Waals surface area contributed by atoms with Crippen molar-refractivity contribution in [1.29, 1.82) is 0 Å². The minimum atomic E-state index is -0.633. The number of rotatable bonds is 6. The molecule has 1 saturated carbocycles. The van der Waals surface area contributed by atoms with Crippen LogP contribution in [0.4, 0.5) is 0 Å². The van der Waals surface area contributed by atoms with Gasteiger partial charge < -0.3 is 15.5 Å². The Hall–Kier alpha value is -2.02. The second-order valence-corrected chi connectivity index (χ2v) is 11.7. The van der Waals surface area contributed by atoms with Crippen LogP contribution in [0.3, 0.4) is 0 Å². The fraction of sp³-hybridized carbons (Fsp3) is 0.640. The molecule has 1 aliphatic carbocycles. The van der Waals surface area contributed by atoms with Gasteiger partial charge in [0.05, 0.1) is 0 Å². The molecule has 4 rings (SSSR count). The van der Waals surface area contributed by atoms with Crippen LogP contribution in [0.25, 0.3) is 0 Å². The molecule has 6 nitrogen and oxygen atoms in total. The van der Waals surface area contributed by atoms with Crippen LogP contribution in [-0.4, -0.2) is 45.5 Å². The van der Waals surface area contributed by atoms with E-state index in [2.05, 4.69) is 10.6 Å². The Kier molecular flexibility index (Phi) is 6.57. The Balaban J connectivity index is 1.53. The topological polar surface area (TPSA) is 78.5 Å². The predicted octanol–water partition coefficient (Wildman–Crippen LogP) is 4.01. The summed E-state index contributed by atoms with van der Waals surface area (Å²) in [7, 11) is 0. The van der Waals surface area contributed by atoms with E-state index in [0.29, 0.717) is 5.56 Å². The highest BCUT2D eigenvalue weighted by Gasteiger charge is 2.57. The Morgan fingerprint density at radius 3 is 2.56 bits per heavy atom. The van der Waals surface area contributed by atoms with Gasteiger partial charge in [-0.15, -0.1) is 11.8 Å². The van der Waals surface area contributed by atoms with Crippen LogP contribution in [0.1, 0.15) is 87.5 Å². The molecule has 1 aromatic carbocycles. The molecule has 32 heavy (non-hydrogen) atoms. The summed E-state index contributed by atoms with van der Waals surface area (Å²) in [6, 6.07) is 6.56. The monoisotopic (exact) mass is 457 g/mol. The van der Waals surface area contributed by atoms with Crippen molar-refractivity contribution < 1.29 is 14.4 Å². The van der Waals surface area contributed by atoms with Crippen LogP contribution in [0.5, 0.6) is 0 Å². The molecular weight excluding hydrogens is 422 g/mol. The Morgan fingerprint density at radius 1 is 1.19 bits per heavy atom. The minimum absolute atomic E-state index is 0.00184. The first kappa shape index (κ1) is 23.1. The predicted molar refractivity (Wildman–Crippen MR) is 127 cm³/mol. The quantitative estimate of drug-likeness (QED) is 0.676. The molecule has 3 aliphatic rings. The maximum atomic E-state index is 13.6. The van der Waals surface area contributed by atoms with Crippen molar-refractivity contribution in [3.8, 4) is 0 Å². The molecule has 4 atom stereocenters. The zero-order chi connectivity index (χ0) is 23.0. The first-order valence-electron chi connectivity index (χ1n) is 11.9. The van der Waals surface area contributed by atoms with Crippen LogP contribution < -0.4 is 10.6 Å². The van der Waals surface area contributed by atoms with Crippen LogP contribution in [0.15, 0.2) is 24.3 Å². The zero-order valence-corrected chi connectivity index (χ0v) is 20.3. The average molecular weight is 458 g/mol. The standard InChI is InChI=1S/C25H35N3O3S/c1-5-15(2)19(21(29)26-16-11-7-6-8-12-16)27-22(30)20-25(3,4)32-24-18-14-10-9-13-17(18)23(31)28(20)24/h9-10,13-16,19-20,24H,5-8,11-12H2,1-4H3,(H,26,29)(H,27,30)/t15-,19-,20-,24+/m0/s1. The van der Waals surface area contributed by atoms with Gasteiger partial charge in [-0.1, -0.05) is 57.7 Å². The van der Waals surface area contributed by atoms with E-state index in [4.69, 9.17) is 0 Å².